The fourth-order valence-corrected chi connectivity index (χ4v) is 4.43. The molecule has 1 N–H and O–H groups in total. The third kappa shape index (κ3) is 3.97. The molecule has 0 radical (unpaired) electrons. The lowest BCUT2D eigenvalue weighted by Gasteiger charge is -2.27. The fourth-order valence-electron chi connectivity index (χ4n) is 3.80. The van der Waals surface area contributed by atoms with Crippen LogP contribution >= 0.6 is 0 Å². The minimum Gasteiger partial charge on any atom is -0.493 e. The van der Waals surface area contributed by atoms with Gasteiger partial charge in [0.2, 0.25) is 0 Å². The van der Waals surface area contributed by atoms with Gasteiger partial charge in [0.1, 0.15) is 5.54 Å². The Kier molecular flexibility index (Phi) is 6.00. The molecule has 166 valence electrons. The summed E-state index contributed by atoms with van der Waals surface area (Å²) in [7, 11) is -0.313. The first-order valence-corrected chi connectivity index (χ1v) is 11.6. The summed E-state index contributed by atoms with van der Waals surface area (Å²) < 4.78 is 34.1. The maximum atomic E-state index is 13.4. The predicted octanol–water partition coefficient (Wildman–Crippen LogP) is 3.03. The van der Waals surface area contributed by atoms with Crippen LogP contribution in [0.25, 0.3) is 0 Å². The molecule has 0 bridgehead atoms. The van der Waals surface area contributed by atoms with Crippen LogP contribution in [0.1, 0.15) is 37.4 Å². The lowest BCUT2D eigenvalue weighted by molar-refractivity contribution is -0.132. The van der Waals surface area contributed by atoms with Gasteiger partial charge in [-0.2, -0.15) is 0 Å². The molecule has 3 amide bonds. The Bertz CT molecular complexity index is 1110. The van der Waals surface area contributed by atoms with Crippen molar-refractivity contribution in [2.45, 2.75) is 36.7 Å². The van der Waals surface area contributed by atoms with Crippen LogP contribution in [-0.4, -0.2) is 45.7 Å². The van der Waals surface area contributed by atoms with E-state index in [0.717, 1.165) is 11.8 Å². The number of sulfone groups is 1. The van der Waals surface area contributed by atoms with Crippen LogP contribution in [-0.2, 0) is 20.2 Å². The van der Waals surface area contributed by atoms with Gasteiger partial charge < -0.3 is 14.8 Å². The van der Waals surface area contributed by atoms with E-state index in [0.29, 0.717) is 23.5 Å². The molecule has 3 rings (SSSR count). The van der Waals surface area contributed by atoms with Crippen LogP contribution in [0.15, 0.2) is 47.4 Å². The van der Waals surface area contributed by atoms with Crippen molar-refractivity contribution in [3.8, 4) is 11.5 Å². The van der Waals surface area contributed by atoms with Gasteiger partial charge in [0.15, 0.2) is 21.3 Å². The first-order chi connectivity index (χ1) is 14.6. The number of hydrogen-bond acceptors (Lipinski definition) is 6. The van der Waals surface area contributed by atoms with E-state index in [1.54, 1.807) is 37.3 Å². The second kappa shape index (κ2) is 8.22. The molecule has 9 heteroatoms. The van der Waals surface area contributed by atoms with Crippen molar-refractivity contribution >= 4 is 21.8 Å². The molecule has 31 heavy (non-hydrogen) atoms. The second-order valence-electron chi connectivity index (χ2n) is 7.57. The summed E-state index contributed by atoms with van der Waals surface area (Å²) in [4.78, 5) is 27.7. The molecular weight excluding hydrogens is 420 g/mol. The maximum absolute atomic E-state index is 13.4. The van der Waals surface area contributed by atoms with Gasteiger partial charge in [0.05, 0.1) is 25.2 Å². The van der Waals surface area contributed by atoms with Gasteiger partial charge in [-0.25, -0.2) is 13.2 Å². The van der Waals surface area contributed by atoms with E-state index in [2.05, 4.69) is 5.32 Å². The summed E-state index contributed by atoms with van der Waals surface area (Å²) in [6.07, 6.45) is 1.61. The van der Waals surface area contributed by atoms with E-state index < -0.39 is 33.4 Å². The van der Waals surface area contributed by atoms with Crippen molar-refractivity contribution < 1.29 is 27.5 Å². The standard InChI is InChI=1S/C22H26N2O6S/c1-6-17(14-7-12-18(29-3)19(13-14)30-4)24-20(25)22(2,23-21(24)26)15-8-10-16(11-9-15)31(5,27)28/h7-13,17H,6H2,1-5H3,(H,23,26)/t17-,22+/m1/s1. The van der Waals surface area contributed by atoms with E-state index >= 15 is 0 Å². The van der Waals surface area contributed by atoms with Crippen molar-refractivity contribution in [3.63, 3.8) is 0 Å². The van der Waals surface area contributed by atoms with Crippen molar-refractivity contribution in [1.82, 2.24) is 10.2 Å². The van der Waals surface area contributed by atoms with Crippen molar-refractivity contribution in [3.05, 3.63) is 53.6 Å². The normalized spacial score (nSPS) is 19.8. The Morgan fingerprint density at radius 3 is 2.16 bits per heavy atom. The van der Waals surface area contributed by atoms with E-state index in [4.69, 9.17) is 9.47 Å². The fraction of sp³-hybridized carbons (Fsp3) is 0.364. The number of nitrogens with zero attached hydrogens (tertiary/aromatic N) is 1. The smallest absolute Gasteiger partial charge is 0.325 e. The molecule has 8 nitrogen and oxygen atoms in total. The monoisotopic (exact) mass is 446 g/mol. The Balaban J connectivity index is 1.98. The van der Waals surface area contributed by atoms with Crippen LogP contribution in [0.2, 0.25) is 0 Å². The van der Waals surface area contributed by atoms with E-state index in [-0.39, 0.29) is 4.90 Å². The Morgan fingerprint density at radius 1 is 1.03 bits per heavy atom. The number of rotatable bonds is 7. The lowest BCUT2D eigenvalue weighted by atomic mass is 9.91. The first-order valence-electron chi connectivity index (χ1n) is 9.75. The molecule has 1 fully saturated rings. The average Bonchev–Trinajstić information content (AvgIpc) is 2.98. The molecule has 0 aliphatic carbocycles. The van der Waals surface area contributed by atoms with E-state index in [1.165, 1.54) is 31.3 Å². The minimum atomic E-state index is -3.37. The number of hydrogen-bond donors (Lipinski definition) is 1. The van der Waals surface area contributed by atoms with Gasteiger partial charge in [-0.3, -0.25) is 9.69 Å². The summed E-state index contributed by atoms with van der Waals surface area (Å²) in [5.41, 5.74) is -0.0693. The maximum Gasteiger partial charge on any atom is 0.325 e. The van der Waals surface area contributed by atoms with Gasteiger partial charge in [-0.1, -0.05) is 25.1 Å². The highest BCUT2D eigenvalue weighted by molar-refractivity contribution is 7.90. The van der Waals surface area contributed by atoms with E-state index in [9.17, 15) is 18.0 Å². The zero-order valence-corrected chi connectivity index (χ0v) is 18.9. The van der Waals surface area contributed by atoms with Crippen LogP contribution < -0.4 is 14.8 Å². The molecule has 0 spiro atoms. The zero-order chi connectivity index (χ0) is 23.0. The third-order valence-corrected chi connectivity index (χ3v) is 6.70. The number of benzene rings is 2. The first kappa shape index (κ1) is 22.6. The van der Waals surface area contributed by atoms with Crippen LogP contribution in [0, 0.1) is 0 Å². The van der Waals surface area contributed by atoms with Crippen molar-refractivity contribution in [2.24, 2.45) is 0 Å². The van der Waals surface area contributed by atoms with E-state index in [1.807, 2.05) is 6.92 Å². The number of nitrogens with one attached hydrogen (secondary N) is 1. The van der Waals surface area contributed by atoms with Crippen molar-refractivity contribution in [2.75, 3.05) is 20.5 Å². The van der Waals surface area contributed by atoms with Crippen LogP contribution in [0.3, 0.4) is 0 Å². The molecule has 2 aromatic rings. The highest BCUT2D eigenvalue weighted by Crippen LogP contribution is 2.38. The summed E-state index contributed by atoms with van der Waals surface area (Å²) in [6.45, 7) is 3.50. The third-order valence-electron chi connectivity index (χ3n) is 5.57. The second-order valence-corrected chi connectivity index (χ2v) is 9.58. The number of urea groups is 1. The van der Waals surface area contributed by atoms with Crippen molar-refractivity contribution in [1.29, 1.82) is 0 Å². The number of carbonyl (C=O) groups excluding carboxylic acids is 2. The quantitative estimate of drug-likeness (QED) is 0.656. The summed E-state index contributed by atoms with van der Waals surface area (Å²) in [5.74, 6) is 0.643. The number of imide groups is 1. The van der Waals surface area contributed by atoms with Crippen LogP contribution in [0.4, 0.5) is 4.79 Å². The number of ether oxygens (including phenoxy) is 2. The lowest BCUT2D eigenvalue weighted by Crippen LogP contribution is -2.41. The summed E-state index contributed by atoms with van der Waals surface area (Å²) in [6, 6.07) is 10.2. The molecule has 0 aromatic heterocycles. The van der Waals surface area contributed by atoms with Gasteiger partial charge in [0, 0.05) is 6.26 Å². The molecule has 2 aromatic carbocycles. The molecule has 0 saturated carbocycles. The van der Waals surface area contributed by atoms with Gasteiger partial charge >= 0.3 is 6.03 Å². The molecule has 1 saturated heterocycles. The highest BCUT2D eigenvalue weighted by atomic mass is 32.2. The van der Waals surface area contributed by atoms with Gasteiger partial charge in [-0.15, -0.1) is 0 Å². The average molecular weight is 447 g/mol. The number of carbonyl (C=O) groups is 2. The Hall–Kier alpha value is -3.07. The van der Waals surface area contributed by atoms with Gasteiger partial charge in [0.25, 0.3) is 5.91 Å². The Labute approximate surface area is 182 Å². The molecule has 1 aliphatic heterocycles. The molecular formula is C22H26N2O6S. The zero-order valence-electron chi connectivity index (χ0n) is 18.1. The Morgan fingerprint density at radius 2 is 1.65 bits per heavy atom. The topological polar surface area (TPSA) is 102 Å². The van der Waals surface area contributed by atoms with Crippen LogP contribution in [0.5, 0.6) is 11.5 Å². The predicted molar refractivity (Wildman–Crippen MR) is 115 cm³/mol. The highest BCUT2D eigenvalue weighted by Gasteiger charge is 2.51. The number of methoxy groups -OCH3 is 2. The molecule has 1 heterocycles. The number of amides is 3. The summed E-state index contributed by atoms with van der Waals surface area (Å²) in [5, 5.41) is 2.77. The van der Waals surface area contributed by atoms with Gasteiger partial charge in [-0.05, 0) is 48.7 Å². The summed E-state index contributed by atoms with van der Waals surface area (Å²) >= 11 is 0. The minimum absolute atomic E-state index is 0.144. The molecule has 1 aliphatic rings. The SMILES string of the molecule is CC[C@H](c1ccc(OC)c(OC)c1)N1C(=O)N[C@@](C)(c2ccc(S(C)(=O)=O)cc2)C1=O. The largest absolute Gasteiger partial charge is 0.493 e. The molecule has 0 unspecified atom stereocenters. The molecule has 2 atom stereocenters.